The number of methoxy groups -OCH3 is 2. The van der Waals surface area contributed by atoms with Crippen LogP contribution in [-0.4, -0.2) is 47.1 Å². The number of benzene rings is 1. The summed E-state index contributed by atoms with van der Waals surface area (Å²) in [5.41, 5.74) is 2.80. The number of carbonyl (C=O) groups excluding carboxylic acids is 1. The number of ether oxygens (including phenoxy) is 2. The van der Waals surface area contributed by atoms with Crippen molar-refractivity contribution in [2.24, 2.45) is 0 Å². The number of furan rings is 1. The Kier molecular flexibility index (Phi) is 7.46. The van der Waals surface area contributed by atoms with E-state index in [-0.39, 0.29) is 12.1 Å². The topological polar surface area (TPSA) is 81.2 Å². The lowest BCUT2D eigenvalue weighted by Crippen LogP contribution is -2.45. The molecule has 0 unspecified atom stereocenters. The molecule has 1 fully saturated rings. The third-order valence-electron chi connectivity index (χ3n) is 6.75. The highest BCUT2D eigenvalue weighted by Crippen LogP contribution is 2.34. The second-order valence-electron chi connectivity index (χ2n) is 9.11. The number of rotatable bonds is 9. The second-order valence-corrected chi connectivity index (χ2v) is 9.94. The van der Waals surface area contributed by atoms with Gasteiger partial charge in [0.1, 0.15) is 17.3 Å². The zero-order valence-corrected chi connectivity index (χ0v) is 21.6. The molecule has 1 N–H and O–H groups in total. The fourth-order valence-corrected chi connectivity index (χ4v) is 5.67. The van der Waals surface area contributed by atoms with Crippen molar-refractivity contribution in [3.63, 3.8) is 0 Å². The first kappa shape index (κ1) is 24.2. The summed E-state index contributed by atoms with van der Waals surface area (Å²) in [6, 6.07) is 9.69. The standard InChI is InChI=1S/C27H32N4O4S/c1-33-21-10-11-25(34-2)23(15-21)24-17-31-20(18-36-27(31)29-24)12-13-30(16-22-9-6-14-35-22)26(32)28-19-7-4-3-5-8-19/h6,9-11,14-15,17-19H,3-5,7-8,12-13,16H2,1-2H3,(H,28,32). The van der Waals surface area contributed by atoms with Crippen molar-refractivity contribution in [1.82, 2.24) is 19.6 Å². The van der Waals surface area contributed by atoms with Crippen molar-refractivity contribution in [2.45, 2.75) is 51.1 Å². The molecule has 8 nitrogen and oxygen atoms in total. The number of carbonyl (C=O) groups is 1. The van der Waals surface area contributed by atoms with E-state index in [0.29, 0.717) is 19.5 Å². The minimum atomic E-state index is -0.0304. The lowest BCUT2D eigenvalue weighted by atomic mass is 9.96. The van der Waals surface area contributed by atoms with Gasteiger partial charge in [-0.2, -0.15) is 0 Å². The Labute approximate surface area is 214 Å². The molecule has 0 spiro atoms. The third-order valence-corrected chi connectivity index (χ3v) is 7.64. The van der Waals surface area contributed by atoms with Gasteiger partial charge in [0.05, 0.1) is 32.7 Å². The van der Waals surface area contributed by atoms with Crippen LogP contribution in [0.1, 0.15) is 43.6 Å². The molecular weight excluding hydrogens is 476 g/mol. The second kappa shape index (κ2) is 11.1. The first-order valence-electron chi connectivity index (χ1n) is 12.4. The largest absolute Gasteiger partial charge is 0.497 e. The molecule has 5 rings (SSSR count). The molecular formula is C27H32N4O4S. The molecule has 0 radical (unpaired) electrons. The van der Waals surface area contributed by atoms with Crippen molar-refractivity contribution in [3.05, 3.63) is 59.6 Å². The SMILES string of the molecule is COc1ccc(OC)c(-c2cn3c(CCN(Cc4ccco4)C(=O)NC4CCCCC4)csc3n2)c1. The van der Waals surface area contributed by atoms with Gasteiger partial charge in [-0.05, 0) is 43.2 Å². The smallest absolute Gasteiger partial charge is 0.318 e. The average molecular weight is 509 g/mol. The molecule has 1 aliphatic carbocycles. The number of imidazole rings is 1. The van der Waals surface area contributed by atoms with E-state index in [9.17, 15) is 4.79 Å². The Morgan fingerprint density at radius 1 is 1.22 bits per heavy atom. The van der Waals surface area contributed by atoms with E-state index in [0.717, 1.165) is 52.0 Å². The highest BCUT2D eigenvalue weighted by atomic mass is 32.1. The Morgan fingerprint density at radius 2 is 2.08 bits per heavy atom. The third kappa shape index (κ3) is 5.36. The molecule has 4 aromatic rings. The Bertz CT molecular complexity index is 1290. The normalized spacial score (nSPS) is 14.2. The van der Waals surface area contributed by atoms with Crippen LogP contribution in [-0.2, 0) is 13.0 Å². The minimum Gasteiger partial charge on any atom is -0.497 e. The van der Waals surface area contributed by atoms with Crippen molar-refractivity contribution >= 4 is 22.3 Å². The number of amides is 2. The van der Waals surface area contributed by atoms with Crippen LogP contribution >= 0.6 is 11.3 Å². The van der Waals surface area contributed by atoms with E-state index in [1.54, 1.807) is 31.8 Å². The fraction of sp³-hybridized carbons (Fsp3) is 0.407. The quantitative estimate of drug-likeness (QED) is 0.311. The summed E-state index contributed by atoms with van der Waals surface area (Å²) in [4.78, 5) is 20.8. The minimum absolute atomic E-state index is 0.0304. The van der Waals surface area contributed by atoms with Crippen LogP contribution in [0.4, 0.5) is 4.79 Å². The molecule has 0 bridgehead atoms. The molecule has 36 heavy (non-hydrogen) atoms. The molecule has 0 aliphatic heterocycles. The lowest BCUT2D eigenvalue weighted by molar-refractivity contribution is 0.183. The van der Waals surface area contributed by atoms with Gasteiger partial charge in [-0.1, -0.05) is 19.3 Å². The fourth-order valence-electron chi connectivity index (χ4n) is 4.76. The van der Waals surface area contributed by atoms with Crippen LogP contribution in [0.25, 0.3) is 16.2 Å². The van der Waals surface area contributed by atoms with Crippen LogP contribution in [0.2, 0.25) is 0 Å². The van der Waals surface area contributed by atoms with Gasteiger partial charge in [0.2, 0.25) is 0 Å². The number of fused-ring (bicyclic) bond motifs is 1. The molecule has 1 aliphatic rings. The van der Waals surface area contributed by atoms with Crippen LogP contribution in [0.3, 0.4) is 0 Å². The molecule has 0 atom stereocenters. The van der Waals surface area contributed by atoms with E-state index < -0.39 is 0 Å². The predicted octanol–water partition coefficient (Wildman–Crippen LogP) is 5.76. The zero-order valence-electron chi connectivity index (χ0n) is 20.7. The Hall–Kier alpha value is -3.46. The van der Waals surface area contributed by atoms with Crippen LogP contribution in [0, 0.1) is 0 Å². The maximum Gasteiger partial charge on any atom is 0.318 e. The van der Waals surface area contributed by atoms with Crippen molar-refractivity contribution in [2.75, 3.05) is 20.8 Å². The van der Waals surface area contributed by atoms with Crippen molar-refractivity contribution in [3.8, 4) is 22.8 Å². The molecule has 190 valence electrons. The molecule has 2 amide bonds. The Balaban J connectivity index is 1.34. The van der Waals surface area contributed by atoms with Crippen LogP contribution in [0.5, 0.6) is 11.5 Å². The molecule has 3 heterocycles. The summed E-state index contributed by atoms with van der Waals surface area (Å²) in [7, 11) is 3.30. The number of hydrogen-bond donors (Lipinski definition) is 1. The summed E-state index contributed by atoms with van der Waals surface area (Å²) in [6.45, 7) is 1.01. The zero-order chi connectivity index (χ0) is 24.9. The maximum absolute atomic E-state index is 13.2. The first-order chi connectivity index (χ1) is 17.6. The summed E-state index contributed by atoms with van der Waals surface area (Å²) >= 11 is 1.59. The van der Waals surface area contributed by atoms with Crippen molar-refractivity contribution in [1.29, 1.82) is 0 Å². The monoisotopic (exact) mass is 508 g/mol. The van der Waals surface area contributed by atoms with E-state index in [2.05, 4.69) is 15.1 Å². The van der Waals surface area contributed by atoms with E-state index >= 15 is 0 Å². The first-order valence-corrected chi connectivity index (χ1v) is 13.3. The molecule has 3 aromatic heterocycles. The maximum atomic E-state index is 13.2. The molecule has 0 saturated heterocycles. The van der Waals surface area contributed by atoms with Crippen LogP contribution in [0.15, 0.2) is 52.6 Å². The van der Waals surface area contributed by atoms with Gasteiger partial charge >= 0.3 is 6.03 Å². The van der Waals surface area contributed by atoms with E-state index in [1.807, 2.05) is 41.4 Å². The van der Waals surface area contributed by atoms with Gasteiger partial charge in [0, 0.05) is 41.8 Å². The van der Waals surface area contributed by atoms with Gasteiger partial charge in [-0.3, -0.25) is 4.40 Å². The van der Waals surface area contributed by atoms with E-state index in [4.69, 9.17) is 18.9 Å². The average Bonchev–Trinajstić information content (AvgIpc) is 3.65. The molecule has 1 saturated carbocycles. The lowest BCUT2D eigenvalue weighted by Gasteiger charge is -2.28. The van der Waals surface area contributed by atoms with E-state index in [1.165, 1.54) is 19.3 Å². The molecule has 1 aromatic carbocycles. The summed E-state index contributed by atoms with van der Waals surface area (Å²) < 4.78 is 18.6. The number of thiazole rings is 1. The van der Waals surface area contributed by atoms with Gasteiger partial charge in [0.25, 0.3) is 0 Å². The van der Waals surface area contributed by atoms with Crippen LogP contribution < -0.4 is 14.8 Å². The predicted molar refractivity (Wildman–Crippen MR) is 140 cm³/mol. The van der Waals surface area contributed by atoms with Gasteiger partial charge in [-0.25, -0.2) is 9.78 Å². The van der Waals surface area contributed by atoms with Crippen molar-refractivity contribution < 1.29 is 18.7 Å². The Morgan fingerprint density at radius 3 is 2.83 bits per heavy atom. The van der Waals surface area contributed by atoms with Gasteiger partial charge in [-0.15, -0.1) is 11.3 Å². The number of aromatic nitrogens is 2. The molecule has 9 heteroatoms. The highest BCUT2D eigenvalue weighted by Gasteiger charge is 2.22. The van der Waals surface area contributed by atoms with Gasteiger partial charge < -0.3 is 24.1 Å². The number of hydrogen-bond acceptors (Lipinski definition) is 6. The van der Waals surface area contributed by atoms with Gasteiger partial charge in [0.15, 0.2) is 4.96 Å². The summed E-state index contributed by atoms with van der Waals surface area (Å²) in [6.07, 6.45) is 10.1. The number of nitrogens with zero attached hydrogens (tertiary/aromatic N) is 3. The number of nitrogens with one attached hydrogen (secondary N) is 1. The highest BCUT2D eigenvalue weighted by molar-refractivity contribution is 7.15. The summed E-state index contributed by atoms with van der Waals surface area (Å²) in [5, 5.41) is 5.36. The summed E-state index contributed by atoms with van der Waals surface area (Å²) in [5.74, 6) is 2.27. The number of urea groups is 1.